The summed E-state index contributed by atoms with van der Waals surface area (Å²) in [7, 11) is 0. The minimum Gasteiger partial charge on any atom is -0.313 e. The smallest absolute Gasteiger partial charge is 0.227 e. The molecule has 1 unspecified atom stereocenters. The second-order valence-corrected chi connectivity index (χ2v) is 6.38. The number of benzene rings is 1. The summed E-state index contributed by atoms with van der Waals surface area (Å²) in [5, 5.41) is 16.1. The van der Waals surface area contributed by atoms with Crippen LogP contribution in [0.5, 0.6) is 0 Å². The van der Waals surface area contributed by atoms with Crippen LogP contribution in [-0.4, -0.2) is 28.7 Å². The average molecular weight is 323 g/mol. The number of carbonyl (C=O) groups excluding carboxylic acids is 1. The Bertz CT molecular complexity index is 639. The van der Waals surface area contributed by atoms with Crippen LogP contribution in [0.3, 0.4) is 0 Å². The van der Waals surface area contributed by atoms with Crippen LogP contribution < -0.4 is 10.6 Å². The Labute approximate surface area is 131 Å². The van der Waals surface area contributed by atoms with Gasteiger partial charge in [-0.15, -0.1) is 10.2 Å². The van der Waals surface area contributed by atoms with E-state index in [4.69, 9.17) is 11.6 Å². The Morgan fingerprint density at radius 1 is 1.48 bits per heavy atom. The first kappa shape index (κ1) is 14.4. The molecular formula is C14H15ClN4OS. The van der Waals surface area contributed by atoms with Crippen molar-refractivity contribution in [1.82, 2.24) is 15.5 Å². The predicted molar refractivity (Wildman–Crippen MR) is 84.6 cm³/mol. The highest BCUT2D eigenvalue weighted by Crippen LogP contribution is 2.28. The lowest BCUT2D eigenvalue weighted by molar-refractivity contribution is -0.116. The van der Waals surface area contributed by atoms with Gasteiger partial charge in [0.05, 0.1) is 0 Å². The van der Waals surface area contributed by atoms with Crippen molar-refractivity contribution < 1.29 is 4.79 Å². The summed E-state index contributed by atoms with van der Waals surface area (Å²) in [5.41, 5.74) is 0.901. The van der Waals surface area contributed by atoms with Gasteiger partial charge in [-0.05, 0) is 31.5 Å². The molecule has 1 amide bonds. The Hall–Kier alpha value is -1.50. The van der Waals surface area contributed by atoms with Crippen LogP contribution in [-0.2, 0) is 4.79 Å². The number of hydrogen-bond acceptors (Lipinski definition) is 5. The molecule has 110 valence electrons. The third-order valence-electron chi connectivity index (χ3n) is 3.34. The van der Waals surface area contributed by atoms with Crippen molar-refractivity contribution in [2.24, 2.45) is 0 Å². The van der Waals surface area contributed by atoms with E-state index in [0.717, 1.165) is 30.0 Å². The molecule has 2 aromatic rings. The lowest BCUT2D eigenvalue weighted by atomic mass is 10.1. The molecule has 21 heavy (non-hydrogen) atoms. The molecule has 2 N–H and O–H groups in total. The molecule has 1 saturated heterocycles. The largest absolute Gasteiger partial charge is 0.313 e. The lowest BCUT2D eigenvalue weighted by Crippen LogP contribution is -2.27. The highest BCUT2D eigenvalue weighted by atomic mass is 35.5. The molecule has 1 aliphatic rings. The number of nitrogens with one attached hydrogen (secondary N) is 2. The summed E-state index contributed by atoms with van der Waals surface area (Å²) in [6, 6.07) is 7.70. The summed E-state index contributed by atoms with van der Waals surface area (Å²) >= 11 is 7.31. The standard InChI is InChI=1S/C14H15ClN4OS/c15-10-4-1-3-9(7-10)13-18-19-14(21-13)17-12(20)8-11-5-2-6-16-11/h1,3-4,7,11,16H,2,5-6,8H2,(H,17,19,20). The summed E-state index contributed by atoms with van der Waals surface area (Å²) in [4.78, 5) is 11.9. The number of aromatic nitrogens is 2. The highest BCUT2D eigenvalue weighted by molar-refractivity contribution is 7.18. The SMILES string of the molecule is O=C(CC1CCCN1)Nc1nnc(-c2cccc(Cl)c2)s1. The second kappa shape index (κ2) is 6.51. The van der Waals surface area contributed by atoms with Gasteiger partial charge >= 0.3 is 0 Å². The minimum atomic E-state index is -0.0248. The quantitative estimate of drug-likeness (QED) is 0.908. The van der Waals surface area contributed by atoms with Gasteiger partial charge in [0.25, 0.3) is 0 Å². The summed E-state index contributed by atoms with van der Waals surface area (Å²) in [6.07, 6.45) is 2.67. The van der Waals surface area contributed by atoms with Crippen LogP contribution in [0.25, 0.3) is 10.6 Å². The minimum absolute atomic E-state index is 0.0248. The van der Waals surface area contributed by atoms with Gasteiger partial charge in [0.1, 0.15) is 5.01 Å². The Morgan fingerprint density at radius 2 is 2.38 bits per heavy atom. The van der Waals surface area contributed by atoms with E-state index in [9.17, 15) is 4.79 Å². The lowest BCUT2D eigenvalue weighted by Gasteiger charge is -2.08. The van der Waals surface area contributed by atoms with E-state index in [2.05, 4.69) is 20.8 Å². The third-order valence-corrected chi connectivity index (χ3v) is 4.46. The van der Waals surface area contributed by atoms with Crippen molar-refractivity contribution in [3.8, 4) is 10.6 Å². The fourth-order valence-corrected chi connectivity index (χ4v) is 3.28. The van der Waals surface area contributed by atoms with Gasteiger partial charge in [-0.2, -0.15) is 0 Å². The molecule has 1 atom stereocenters. The van der Waals surface area contributed by atoms with E-state index >= 15 is 0 Å². The van der Waals surface area contributed by atoms with E-state index < -0.39 is 0 Å². The fourth-order valence-electron chi connectivity index (χ4n) is 2.34. The van der Waals surface area contributed by atoms with Gasteiger partial charge in [-0.3, -0.25) is 4.79 Å². The van der Waals surface area contributed by atoms with E-state index in [1.54, 1.807) is 0 Å². The Kier molecular flexibility index (Phi) is 4.48. The van der Waals surface area contributed by atoms with Crippen LogP contribution in [0.2, 0.25) is 5.02 Å². The number of nitrogens with zero attached hydrogens (tertiary/aromatic N) is 2. The molecule has 0 saturated carbocycles. The maximum atomic E-state index is 11.9. The molecule has 1 fully saturated rings. The van der Waals surface area contributed by atoms with Crippen molar-refractivity contribution in [2.75, 3.05) is 11.9 Å². The maximum Gasteiger partial charge on any atom is 0.227 e. The Morgan fingerprint density at radius 3 is 3.14 bits per heavy atom. The number of amides is 1. The van der Waals surface area contributed by atoms with Crippen molar-refractivity contribution in [2.45, 2.75) is 25.3 Å². The molecule has 0 bridgehead atoms. The van der Waals surface area contributed by atoms with Gasteiger partial charge in [-0.1, -0.05) is 35.1 Å². The predicted octanol–water partition coefficient (Wildman–Crippen LogP) is 2.94. The van der Waals surface area contributed by atoms with Gasteiger partial charge in [0, 0.05) is 23.0 Å². The molecule has 0 radical (unpaired) electrons. The maximum absolute atomic E-state index is 11.9. The molecule has 3 rings (SSSR count). The number of halogens is 1. The molecule has 1 aromatic carbocycles. The first-order valence-corrected chi connectivity index (χ1v) is 8.03. The molecule has 0 spiro atoms. The van der Waals surface area contributed by atoms with Crippen LogP contribution >= 0.6 is 22.9 Å². The summed E-state index contributed by atoms with van der Waals surface area (Å²) < 4.78 is 0. The molecule has 2 heterocycles. The summed E-state index contributed by atoms with van der Waals surface area (Å²) in [6.45, 7) is 0.996. The van der Waals surface area contributed by atoms with E-state index in [0.29, 0.717) is 16.6 Å². The monoisotopic (exact) mass is 322 g/mol. The van der Waals surface area contributed by atoms with Gasteiger partial charge < -0.3 is 10.6 Å². The van der Waals surface area contributed by atoms with E-state index in [1.165, 1.54) is 11.3 Å². The van der Waals surface area contributed by atoms with E-state index in [-0.39, 0.29) is 11.9 Å². The van der Waals surface area contributed by atoms with Crippen molar-refractivity contribution in [1.29, 1.82) is 0 Å². The number of anilines is 1. The van der Waals surface area contributed by atoms with Crippen LogP contribution in [0.1, 0.15) is 19.3 Å². The number of rotatable bonds is 4. The van der Waals surface area contributed by atoms with Crippen LogP contribution in [0.4, 0.5) is 5.13 Å². The third kappa shape index (κ3) is 3.78. The van der Waals surface area contributed by atoms with Crippen LogP contribution in [0.15, 0.2) is 24.3 Å². The van der Waals surface area contributed by atoms with Gasteiger partial charge in [0.15, 0.2) is 0 Å². The average Bonchev–Trinajstić information content (AvgIpc) is 3.10. The van der Waals surface area contributed by atoms with Gasteiger partial charge in [0.2, 0.25) is 11.0 Å². The first-order valence-electron chi connectivity index (χ1n) is 6.83. The van der Waals surface area contributed by atoms with Crippen LogP contribution in [0, 0.1) is 0 Å². The van der Waals surface area contributed by atoms with Crippen molar-refractivity contribution in [3.05, 3.63) is 29.3 Å². The zero-order valence-corrected chi connectivity index (χ0v) is 12.9. The molecule has 1 aromatic heterocycles. The molecule has 5 nitrogen and oxygen atoms in total. The second-order valence-electron chi connectivity index (χ2n) is 4.97. The normalized spacial score (nSPS) is 17.9. The first-order chi connectivity index (χ1) is 10.2. The van der Waals surface area contributed by atoms with Gasteiger partial charge in [-0.25, -0.2) is 0 Å². The topological polar surface area (TPSA) is 66.9 Å². The molecular weight excluding hydrogens is 308 g/mol. The van der Waals surface area contributed by atoms with Crippen molar-refractivity contribution in [3.63, 3.8) is 0 Å². The zero-order chi connectivity index (χ0) is 14.7. The van der Waals surface area contributed by atoms with Crippen molar-refractivity contribution >= 4 is 34.0 Å². The highest BCUT2D eigenvalue weighted by Gasteiger charge is 2.18. The van der Waals surface area contributed by atoms with E-state index in [1.807, 2.05) is 24.3 Å². The molecule has 1 aliphatic heterocycles. The molecule has 0 aliphatic carbocycles. The zero-order valence-electron chi connectivity index (χ0n) is 11.3. The number of carbonyl (C=O) groups is 1. The number of hydrogen-bond donors (Lipinski definition) is 2. The molecule has 7 heteroatoms. The summed E-state index contributed by atoms with van der Waals surface area (Å²) in [5.74, 6) is -0.0248. The fraction of sp³-hybridized carbons (Fsp3) is 0.357. The Balaban J connectivity index is 1.63.